The first-order valence-electron chi connectivity index (χ1n) is 10.1. The summed E-state index contributed by atoms with van der Waals surface area (Å²) in [5.41, 5.74) is 1.14. The summed E-state index contributed by atoms with van der Waals surface area (Å²) < 4.78 is 10.5. The van der Waals surface area contributed by atoms with Gasteiger partial charge < -0.3 is 14.5 Å². The topological polar surface area (TPSA) is 81.4 Å². The number of benzene rings is 2. The molecule has 7 heteroatoms. The lowest BCUT2D eigenvalue weighted by atomic mass is 9.70. The van der Waals surface area contributed by atoms with Crippen molar-refractivity contribution >= 4 is 28.3 Å². The molecule has 0 aliphatic heterocycles. The van der Waals surface area contributed by atoms with Gasteiger partial charge in [0.05, 0.1) is 11.7 Å². The van der Waals surface area contributed by atoms with Crippen LogP contribution in [0, 0.1) is 5.41 Å². The van der Waals surface area contributed by atoms with E-state index in [0.717, 1.165) is 11.1 Å². The lowest BCUT2D eigenvalue weighted by Crippen LogP contribution is -2.37. The SMILES string of the molecule is CC(C)(C(=O)Nc1nccs1)[C@H](c1ccccc1)c1ccc(OC(=O)c2ccco2)cc1.[HH]. The first-order chi connectivity index (χ1) is 15.4. The van der Waals surface area contributed by atoms with Crippen molar-refractivity contribution in [2.45, 2.75) is 19.8 Å². The number of hydrogen-bond donors (Lipinski definition) is 1. The number of ether oxygens (including phenoxy) is 1. The maximum atomic E-state index is 13.2. The van der Waals surface area contributed by atoms with Crippen molar-refractivity contribution < 1.29 is 20.2 Å². The maximum Gasteiger partial charge on any atom is 0.379 e. The lowest BCUT2D eigenvalue weighted by Gasteiger charge is -2.33. The average molecular weight is 449 g/mol. The van der Waals surface area contributed by atoms with Crippen molar-refractivity contribution in [3.8, 4) is 5.75 Å². The third-order valence-electron chi connectivity index (χ3n) is 5.24. The molecule has 0 aliphatic rings. The molecule has 2 aromatic carbocycles. The molecule has 1 N–H and O–H groups in total. The van der Waals surface area contributed by atoms with Crippen molar-refractivity contribution in [2.75, 3.05) is 5.32 Å². The molecule has 0 aliphatic carbocycles. The zero-order valence-corrected chi connectivity index (χ0v) is 18.5. The van der Waals surface area contributed by atoms with E-state index in [1.54, 1.807) is 30.5 Å². The van der Waals surface area contributed by atoms with Crippen LogP contribution in [0.3, 0.4) is 0 Å². The molecule has 0 fully saturated rings. The Hall–Kier alpha value is -3.71. The molecule has 0 radical (unpaired) electrons. The van der Waals surface area contributed by atoms with Crippen LogP contribution >= 0.6 is 11.3 Å². The Morgan fingerprint density at radius 3 is 2.38 bits per heavy atom. The van der Waals surface area contributed by atoms with E-state index in [-0.39, 0.29) is 19.0 Å². The highest BCUT2D eigenvalue weighted by Crippen LogP contribution is 2.42. The van der Waals surface area contributed by atoms with Crippen LogP contribution in [0.4, 0.5) is 5.13 Å². The molecule has 0 spiro atoms. The number of nitrogens with one attached hydrogen (secondary N) is 1. The smallest absolute Gasteiger partial charge is 0.379 e. The van der Waals surface area contributed by atoms with Crippen LogP contribution in [0.1, 0.15) is 42.9 Å². The number of anilines is 1. The number of furan rings is 1. The van der Waals surface area contributed by atoms with Gasteiger partial charge in [0, 0.05) is 18.9 Å². The van der Waals surface area contributed by atoms with E-state index in [0.29, 0.717) is 10.9 Å². The number of thiazole rings is 1. The summed E-state index contributed by atoms with van der Waals surface area (Å²) in [5.74, 6) is -0.401. The quantitative estimate of drug-likeness (QED) is 0.277. The number of nitrogens with zero attached hydrogens (tertiary/aromatic N) is 1. The van der Waals surface area contributed by atoms with Crippen LogP contribution in [0.25, 0.3) is 0 Å². The molecule has 2 aromatic heterocycles. The number of aromatic nitrogens is 1. The number of esters is 1. The van der Waals surface area contributed by atoms with Crippen LogP contribution in [0.5, 0.6) is 5.75 Å². The monoisotopic (exact) mass is 448 g/mol. The van der Waals surface area contributed by atoms with Crippen molar-refractivity contribution in [1.29, 1.82) is 0 Å². The normalized spacial score (nSPS) is 12.2. The van der Waals surface area contributed by atoms with Crippen molar-refractivity contribution in [2.24, 2.45) is 5.41 Å². The highest BCUT2D eigenvalue weighted by Gasteiger charge is 2.39. The van der Waals surface area contributed by atoms with E-state index in [1.165, 1.54) is 17.6 Å². The van der Waals surface area contributed by atoms with E-state index in [9.17, 15) is 9.59 Å². The molecule has 164 valence electrons. The summed E-state index contributed by atoms with van der Waals surface area (Å²) in [6.45, 7) is 3.83. The number of rotatable bonds is 7. The highest BCUT2D eigenvalue weighted by atomic mass is 32.1. The Morgan fingerprint density at radius 2 is 1.75 bits per heavy atom. The predicted molar refractivity (Wildman–Crippen MR) is 125 cm³/mol. The van der Waals surface area contributed by atoms with Gasteiger partial charge in [-0.1, -0.05) is 56.3 Å². The Kier molecular flexibility index (Phi) is 6.18. The van der Waals surface area contributed by atoms with Gasteiger partial charge in [-0.25, -0.2) is 9.78 Å². The molecular formula is C25H24N2O4S. The molecule has 2 heterocycles. The Bertz CT molecular complexity index is 1180. The second-order valence-electron chi connectivity index (χ2n) is 7.79. The first-order valence-corrected chi connectivity index (χ1v) is 10.9. The number of carbonyl (C=O) groups is 2. The highest BCUT2D eigenvalue weighted by molar-refractivity contribution is 7.13. The van der Waals surface area contributed by atoms with Gasteiger partial charge in [0.25, 0.3) is 0 Å². The maximum absolute atomic E-state index is 13.2. The standard InChI is InChI=1S/C25H22N2O4S.H2/c1-25(2,23(29)27-24-26-14-16-32-24)21(17-7-4-3-5-8-17)18-10-12-19(13-11-18)31-22(28)20-9-6-15-30-20;/h3-16,21H,1-2H3,(H,26,27,29);1H/t21-;/m1./s1. The Balaban J connectivity index is 0.00000306. The zero-order chi connectivity index (χ0) is 22.6. The van der Waals surface area contributed by atoms with Crippen molar-refractivity contribution in [1.82, 2.24) is 4.98 Å². The van der Waals surface area contributed by atoms with Crippen LogP contribution in [0.15, 0.2) is 89.0 Å². The molecule has 4 aromatic rings. The van der Waals surface area contributed by atoms with Crippen LogP contribution in [-0.4, -0.2) is 16.9 Å². The van der Waals surface area contributed by atoms with E-state index in [2.05, 4.69) is 10.3 Å². The second-order valence-corrected chi connectivity index (χ2v) is 8.69. The minimum atomic E-state index is -0.792. The van der Waals surface area contributed by atoms with Crippen LogP contribution < -0.4 is 10.1 Å². The molecule has 4 rings (SSSR count). The van der Waals surface area contributed by atoms with Gasteiger partial charge in [-0.05, 0) is 35.4 Å². The minimum absolute atomic E-state index is 0. The zero-order valence-electron chi connectivity index (χ0n) is 17.6. The van der Waals surface area contributed by atoms with Crippen molar-refractivity contribution in [3.05, 3.63) is 101 Å². The van der Waals surface area contributed by atoms with Gasteiger partial charge in [0.1, 0.15) is 5.75 Å². The second kappa shape index (κ2) is 9.20. The summed E-state index contributed by atoms with van der Waals surface area (Å²) in [7, 11) is 0. The summed E-state index contributed by atoms with van der Waals surface area (Å²) >= 11 is 1.38. The summed E-state index contributed by atoms with van der Waals surface area (Å²) in [6.07, 6.45) is 3.08. The number of hydrogen-bond acceptors (Lipinski definition) is 6. The third kappa shape index (κ3) is 4.63. The first kappa shape index (κ1) is 21.5. The number of carbonyl (C=O) groups excluding carboxylic acids is 2. The fraction of sp³-hybridized carbons (Fsp3) is 0.160. The Morgan fingerprint density at radius 1 is 1.03 bits per heavy atom. The van der Waals surface area contributed by atoms with Gasteiger partial charge >= 0.3 is 5.97 Å². The minimum Gasteiger partial charge on any atom is -0.457 e. The van der Waals surface area contributed by atoms with Gasteiger partial charge in [0.15, 0.2) is 5.13 Å². The summed E-state index contributed by atoms with van der Waals surface area (Å²) in [4.78, 5) is 29.5. The molecule has 0 bridgehead atoms. The summed E-state index contributed by atoms with van der Waals surface area (Å²) in [6, 6.07) is 20.2. The Labute approximate surface area is 191 Å². The molecule has 0 saturated heterocycles. The van der Waals surface area contributed by atoms with E-state index >= 15 is 0 Å². The van der Waals surface area contributed by atoms with Crippen LogP contribution in [-0.2, 0) is 4.79 Å². The fourth-order valence-electron chi connectivity index (χ4n) is 3.63. The van der Waals surface area contributed by atoms with Gasteiger partial charge in [-0.15, -0.1) is 11.3 Å². The van der Waals surface area contributed by atoms with E-state index < -0.39 is 11.4 Å². The molecule has 1 atom stereocenters. The lowest BCUT2D eigenvalue weighted by molar-refractivity contribution is -0.124. The molecule has 32 heavy (non-hydrogen) atoms. The van der Waals surface area contributed by atoms with Gasteiger partial charge in [-0.3, -0.25) is 4.79 Å². The van der Waals surface area contributed by atoms with Crippen molar-refractivity contribution in [3.63, 3.8) is 0 Å². The molecule has 6 nitrogen and oxygen atoms in total. The molecule has 0 unspecified atom stereocenters. The molecule has 1 amide bonds. The van der Waals surface area contributed by atoms with Crippen LogP contribution in [0.2, 0.25) is 0 Å². The van der Waals surface area contributed by atoms with E-state index in [4.69, 9.17) is 9.15 Å². The van der Waals surface area contributed by atoms with E-state index in [1.807, 2.05) is 61.7 Å². The predicted octanol–water partition coefficient (Wildman–Crippen LogP) is 6.00. The largest absolute Gasteiger partial charge is 0.457 e. The molecular weight excluding hydrogens is 424 g/mol. The number of amides is 1. The third-order valence-corrected chi connectivity index (χ3v) is 5.93. The molecule has 0 saturated carbocycles. The fourth-order valence-corrected chi connectivity index (χ4v) is 4.15. The van der Waals surface area contributed by atoms with Gasteiger partial charge in [0.2, 0.25) is 11.7 Å². The van der Waals surface area contributed by atoms with Gasteiger partial charge in [-0.2, -0.15) is 0 Å². The summed E-state index contributed by atoms with van der Waals surface area (Å²) in [5, 5.41) is 5.31. The average Bonchev–Trinajstić information content (AvgIpc) is 3.50.